The summed E-state index contributed by atoms with van der Waals surface area (Å²) in [6, 6.07) is 13.7. The first-order chi connectivity index (χ1) is 9.19. The molecule has 0 aliphatic heterocycles. The number of aryl methyl sites for hydroxylation is 1. The lowest BCUT2D eigenvalue weighted by Crippen LogP contribution is -2.12. The molecule has 0 bridgehead atoms. The Kier molecular flexibility index (Phi) is 4.83. The van der Waals surface area contributed by atoms with Gasteiger partial charge in [-0.05, 0) is 37.7 Å². The predicted octanol–water partition coefficient (Wildman–Crippen LogP) is 4.55. The zero-order valence-electron chi connectivity index (χ0n) is 11.2. The average molecular weight is 276 g/mol. The van der Waals surface area contributed by atoms with Crippen LogP contribution in [0.15, 0.2) is 42.5 Å². The third-order valence-electron chi connectivity index (χ3n) is 2.84. The lowest BCUT2D eigenvalue weighted by Gasteiger charge is -2.12. The average Bonchev–Trinajstić information content (AvgIpc) is 2.40. The van der Waals surface area contributed by atoms with Crippen molar-refractivity contribution in [2.45, 2.75) is 20.4 Å². The highest BCUT2D eigenvalue weighted by molar-refractivity contribution is 6.30. The van der Waals surface area contributed by atoms with Crippen LogP contribution < -0.4 is 10.1 Å². The summed E-state index contributed by atoms with van der Waals surface area (Å²) in [6.45, 7) is 5.83. The van der Waals surface area contributed by atoms with E-state index in [1.165, 1.54) is 5.56 Å². The second-order valence-corrected chi connectivity index (χ2v) is 4.88. The van der Waals surface area contributed by atoms with Crippen molar-refractivity contribution in [1.29, 1.82) is 0 Å². The molecule has 2 nitrogen and oxygen atoms in total. The first-order valence-corrected chi connectivity index (χ1v) is 6.80. The largest absolute Gasteiger partial charge is 0.457 e. The van der Waals surface area contributed by atoms with Crippen molar-refractivity contribution < 1.29 is 4.74 Å². The predicted molar refractivity (Wildman–Crippen MR) is 80.1 cm³/mol. The summed E-state index contributed by atoms with van der Waals surface area (Å²) in [5.74, 6) is 1.63. The standard InChI is InChI=1S/C16H18ClNO/c1-3-18-11-13-6-7-14(17)10-16(13)19-15-8-4-12(2)5-9-15/h4-10,18H,3,11H2,1-2H3. The molecule has 2 aromatic rings. The molecular formula is C16H18ClNO. The van der Waals surface area contributed by atoms with Gasteiger partial charge in [0.15, 0.2) is 0 Å². The van der Waals surface area contributed by atoms with Crippen LogP contribution in [0.25, 0.3) is 0 Å². The van der Waals surface area contributed by atoms with E-state index in [1.54, 1.807) is 0 Å². The molecule has 0 saturated carbocycles. The molecule has 0 unspecified atom stereocenters. The Morgan fingerprint density at radius 1 is 1.11 bits per heavy atom. The summed E-state index contributed by atoms with van der Waals surface area (Å²) in [4.78, 5) is 0. The number of ether oxygens (including phenoxy) is 1. The molecule has 0 spiro atoms. The zero-order chi connectivity index (χ0) is 13.7. The molecule has 0 saturated heterocycles. The van der Waals surface area contributed by atoms with Crippen molar-refractivity contribution in [3.8, 4) is 11.5 Å². The molecule has 2 rings (SSSR count). The van der Waals surface area contributed by atoms with Gasteiger partial charge >= 0.3 is 0 Å². The second kappa shape index (κ2) is 6.60. The van der Waals surface area contributed by atoms with Crippen LogP contribution in [-0.2, 0) is 6.54 Å². The highest BCUT2D eigenvalue weighted by Gasteiger charge is 2.06. The topological polar surface area (TPSA) is 21.3 Å². The summed E-state index contributed by atoms with van der Waals surface area (Å²) in [6.07, 6.45) is 0. The molecule has 0 aliphatic rings. The third kappa shape index (κ3) is 3.98. The molecule has 0 heterocycles. The summed E-state index contributed by atoms with van der Waals surface area (Å²) in [5, 5.41) is 3.98. The third-order valence-corrected chi connectivity index (χ3v) is 3.08. The lowest BCUT2D eigenvalue weighted by atomic mass is 10.2. The van der Waals surface area contributed by atoms with Gasteiger partial charge in [-0.2, -0.15) is 0 Å². The van der Waals surface area contributed by atoms with Crippen LogP contribution in [0.5, 0.6) is 11.5 Å². The van der Waals surface area contributed by atoms with Crippen LogP contribution >= 0.6 is 11.6 Å². The van der Waals surface area contributed by atoms with Gasteiger partial charge in [0.1, 0.15) is 11.5 Å². The Hall–Kier alpha value is -1.51. The summed E-state index contributed by atoms with van der Waals surface area (Å²) in [5.41, 5.74) is 2.32. The molecule has 3 heteroatoms. The quantitative estimate of drug-likeness (QED) is 0.864. The first kappa shape index (κ1) is 13.9. The van der Waals surface area contributed by atoms with Gasteiger partial charge < -0.3 is 10.1 Å². The van der Waals surface area contributed by atoms with E-state index in [2.05, 4.69) is 19.2 Å². The molecule has 19 heavy (non-hydrogen) atoms. The van der Waals surface area contributed by atoms with E-state index < -0.39 is 0 Å². The van der Waals surface area contributed by atoms with Crippen LogP contribution in [-0.4, -0.2) is 6.54 Å². The smallest absolute Gasteiger partial charge is 0.133 e. The Bertz CT molecular complexity index is 537. The fourth-order valence-corrected chi connectivity index (χ4v) is 1.92. The summed E-state index contributed by atoms with van der Waals surface area (Å²) >= 11 is 6.04. The number of halogens is 1. The Balaban J connectivity index is 2.22. The minimum atomic E-state index is 0.683. The normalized spacial score (nSPS) is 10.5. The van der Waals surface area contributed by atoms with E-state index in [-0.39, 0.29) is 0 Å². The van der Waals surface area contributed by atoms with Gasteiger partial charge in [0.25, 0.3) is 0 Å². The highest BCUT2D eigenvalue weighted by Crippen LogP contribution is 2.28. The number of nitrogens with one attached hydrogen (secondary N) is 1. The van der Waals surface area contributed by atoms with Crippen LogP contribution in [0.4, 0.5) is 0 Å². The highest BCUT2D eigenvalue weighted by atomic mass is 35.5. The van der Waals surface area contributed by atoms with Gasteiger partial charge in [-0.1, -0.05) is 42.3 Å². The zero-order valence-corrected chi connectivity index (χ0v) is 12.0. The van der Waals surface area contributed by atoms with Crippen LogP contribution in [0, 0.1) is 6.92 Å². The van der Waals surface area contributed by atoms with E-state index in [0.717, 1.165) is 30.2 Å². The Morgan fingerprint density at radius 3 is 2.53 bits per heavy atom. The molecule has 0 aliphatic carbocycles. The minimum Gasteiger partial charge on any atom is -0.457 e. The first-order valence-electron chi connectivity index (χ1n) is 6.42. The van der Waals surface area contributed by atoms with Gasteiger partial charge in [0.2, 0.25) is 0 Å². The summed E-state index contributed by atoms with van der Waals surface area (Å²) in [7, 11) is 0. The van der Waals surface area contributed by atoms with E-state index >= 15 is 0 Å². The van der Waals surface area contributed by atoms with E-state index in [9.17, 15) is 0 Å². The van der Waals surface area contributed by atoms with Crippen molar-refractivity contribution in [3.63, 3.8) is 0 Å². The number of hydrogen-bond donors (Lipinski definition) is 1. The van der Waals surface area contributed by atoms with Crippen molar-refractivity contribution in [2.24, 2.45) is 0 Å². The van der Waals surface area contributed by atoms with Gasteiger partial charge in [0.05, 0.1) is 0 Å². The van der Waals surface area contributed by atoms with Crippen LogP contribution in [0.3, 0.4) is 0 Å². The Labute approximate surface area is 119 Å². The minimum absolute atomic E-state index is 0.683. The Morgan fingerprint density at radius 2 is 1.84 bits per heavy atom. The van der Waals surface area contributed by atoms with E-state index in [0.29, 0.717) is 5.02 Å². The van der Waals surface area contributed by atoms with Crippen molar-refractivity contribution in [1.82, 2.24) is 5.32 Å². The van der Waals surface area contributed by atoms with Crippen LogP contribution in [0.1, 0.15) is 18.1 Å². The second-order valence-electron chi connectivity index (χ2n) is 4.45. The van der Waals surface area contributed by atoms with Crippen LogP contribution in [0.2, 0.25) is 5.02 Å². The molecule has 1 N–H and O–H groups in total. The molecule has 100 valence electrons. The fourth-order valence-electron chi connectivity index (χ4n) is 1.76. The maximum atomic E-state index is 6.04. The van der Waals surface area contributed by atoms with Crippen molar-refractivity contribution in [3.05, 3.63) is 58.6 Å². The molecule has 0 fully saturated rings. The molecular weight excluding hydrogens is 258 g/mol. The van der Waals surface area contributed by atoms with Crippen molar-refractivity contribution >= 4 is 11.6 Å². The van der Waals surface area contributed by atoms with E-state index in [4.69, 9.17) is 16.3 Å². The molecule has 0 atom stereocenters. The number of rotatable bonds is 5. The van der Waals surface area contributed by atoms with Gasteiger partial charge in [-0.3, -0.25) is 0 Å². The van der Waals surface area contributed by atoms with E-state index in [1.807, 2.05) is 42.5 Å². The van der Waals surface area contributed by atoms with Crippen molar-refractivity contribution in [2.75, 3.05) is 6.54 Å². The molecule has 0 amide bonds. The molecule has 2 aromatic carbocycles. The number of hydrogen-bond acceptors (Lipinski definition) is 2. The maximum Gasteiger partial charge on any atom is 0.133 e. The molecule has 0 aromatic heterocycles. The lowest BCUT2D eigenvalue weighted by molar-refractivity contribution is 0.473. The maximum absolute atomic E-state index is 6.04. The SMILES string of the molecule is CCNCc1ccc(Cl)cc1Oc1ccc(C)cc1. The fraction of sp³-hybridized carbons (Fsp3) is 0.250. The number of benzene rings is 2. The molecule has 0 radical (unpaired) electrons. The van der Waals surface area contributed by atoms with Gasteiger partial charge in [-0.25, -0.2) is 0 Å². The van der Waals surface area contributed by atoms with Gasteiger partial charge in [-0.15, -0.1) is 0 Å². The summed E-state index contributed by atoms with van der Waals surface area (Å²) < 4.78 is 5.92. The van der Waals surface area contributed by atoms with Gasteiger partial charge in [0, 0.05) is 17.1 Å². The monoisotopic (exact) mass is 275 g/mol.